The molecule has 0 bridgehead atoms. The van der Waals surface area contributed by atoms with Crippen LogP contribution < -0.4 is 80.4 Å². The molecule has 0 radical (unpaired) electrons. The molecule has 15 nitrogen and oxygen atoms in total. The number of hydrogen-bond acceptors (Lipinski definition) is 16. The number of thioether (sulfide) groups is 3. The Labute approximate surface area is 275 Å². The third-order valence-corrected chi connectivity index (χ3v) is 8.82. The molecular weight excluding hydrogens is 602 g/mol. The van der Waals surface area contributed by atoms with Crippen molar-refractivity contribution in [1.29, 1.82) is 0 Å². The predicted octanol–water partition coefficient (Wildman–Crippen LogP) is -8.83. The number of nitrogens with zero attached hydrogens (tertiary/aromatic N) is 5. The van der Waals surface area contributed by atoms with Crippen molar-refractivity contribution in [3.63, 3.8) is 0 Å². The van der Waals surface area contributed by atoms with Crippen molar-refractivity contribution in [2.45, 2.75) is 16.4 Å². The third kappa shape index (κ3) is 7.67. The zero-order valence-electron chi connectivity index (χ0n) is 19.7. The van der Waals surface area contributed by atoms with Gasteiger partial charge in [-0.15, -0.1) is 40.0 Å². The molecule has 4 rings (SSSR count). The van der Waals surface area contributed by atoms with Gasteiger partial charge in [0.05, 0.1) is 28.9 Å². The van der Waals surface area contributed by atoms with Crippen LogP contribution >= 0.6 is 46.6 Å². The number of β-lactam (4-membered cyclic amide) rings is 1. The van der Waals surface area contributed by atoms with E-state index in [0.29, 0.717) is 15.0 Å². The number of nitrogen functional groups attached to an aromatic ring is 1. The SMILES string of the molecule is Nc1nc(/C(=N\OCC(=O)[O-])C(=O)N[C@@H]2C(=O)N3C(C(=O)[O-])=C(SCSc4cn[nH]n4)CS[C@H]23)cs1.[Na+].[Na+]. The van der Waals surface area contributed by atoms with Gasteiger partial charge in [-0.1, -0.05) is 16.9 Å². The fourth-order valence-electron chi connectivity index (χ4n) is 3.07. The molecule has 2 aliphatic rings. The number of carbonyl (C=O) groups excluding carboxylic acids is 4. The molecule has 1 fully saturated rings. The molecule has 2 aliphatic heterocycles. The summed E-state index contributed by atoms with van der Waals surface area (Å²) in [4.78, 5) is 58.3. The van der Waals surface area contributed by atoms with Crippen molar-refractivity contribution in [3.05, 3.63) is 27.9 Å². The number of aromatic nitrogens is 4. The number of nitrogens with two attached hydrogens (primary N) is 1. The van der Waals surface area contributed by atoms with Gasteiger partial charge in [-0.3, -0.25) is 14.5 Å². The van der Waals surface area contributed by atoms with E-state index in [1.807, 2.05) is 0 Å². The maximum atomic E-state index is 12.9. The van der Waals surface area contributed by atoms with Gasteiger partial charge < -0.3 is 35.7 Å². The minimum atomic E-state index is -1.56. The van der Waals surface area contributed by atoms with Crippen molar-refractivity contribution in [3.8, 4) is 0 Å². The van der Waals surface area contributed by atoms with Crippen LogP contribution in [0.4, 0.5) is 5.13 Å². The molecule has 4 heterocycles. The van der Waals surface area contributed by atoms with Gasteiger partial charge in [-0.2, -0.15) is 10.3 Å². The Morgan fingerprint density at radius 2 is 2.08 bits per heavy atom. The van der Waals surface area contributed by atoms with E-state index in [2.05, 4.69) is 35.7 Å². The number of amides is 2. The summed E-state index contributed by atoms with van der Waals surface area (Å²) >= 11 is 4.84. The summed E-state index contributed by atoms with van der Waals surface area (Å²) in [5.41, 5.74) is 4.94. The number of hydrogen-bond donors (Lipinski definition) is 3. The van der Waals surface area contributed by atoms with E-state index >= 15 is 0 Å². The minimum absolute atomic E-state index is 0. The molecule has 2 aromatic heterocycles. The molecule has 0 aliphatic carbocycles. The van der Waals surface area contributed by atoms with Gasteiger partial charge in [0.15, 0.2) is 17.5 Å². The fourth-order valence-corrected chi connectivity index (χ4v) is 7.19. The van der Waals surface area contributed by atoms with Crippen molar-refractivity contribution < 1.29 is 93.3 Å². The van der Waals surface area contributed by atoms with Crippen LogP contribution in [0.1, 0.15) is 5.69 Å². The number of nitrogens with one attached hydrogen (secondary N) is 2. The number of thiazole rings is 1. The van der Waals surface area contributed by atoms with E-state index < -0.39 is 47.5 Å². The number of aliphatic carboxylic acids is 2. The van der Waals surface area contributed by atoms with Crippen LogP contribution in [0.25, 0.3) is 0 Å². The van der Waals surface area contributed by atoms with Gasteiger partial charge >= 0.3 is 59.1 Å². The summed E-state index contributed by atoms with van der Waals surface area (Å²) in [6, 6.07) is -1.07. The number of carboxylic acids is 2. The molecule has 2 aromatic rings. The summed E-state index contributed by atoms with van der Waals surface area (Å²) in [5.74, 6) is -4.35. The second kappa shape index (κ2) is 14.9. The monoisotopic (exact) mass is 616 g/mol. The van der Waals surface area contributed by atoms with E-state index in [1.165, 1.54) is 46.9 Å². The largest absolute Gasteiger partial charge is 1.00 e. The second-order valence-corrected chi connectivity index (χ2v) is 11.2. The van der Waals surface area contributed by atoms with Gasteiger partial charge in [0.25, 0.3) is 11.8 Å². The van der Waals surface area contributed by atoms with Crippen molar-refractivity contribution >= 4 is 81.2 Å². The zero-order valence-corrected chi connectivity index (χ0v) is 27.0. The van der Waals surface area contributed by atoms with Gasteiger partial charge in [0, 0.05) is 16.0 Å². The molecule has 2 atom stereocenters. The second-order valence-electron chi connectivity index (χ2n) is 6.79. The Morgan fingerprint density at radius 3 is 2.68 bits per heavy atom. The summed E-state index contributed by atoms with van der Waals surface area (Å²) in [7, 11) is 0. The predicted molar refractivity (Wildman–Crippen MR) is 126 cm³/mol. The Balaban J connectivity index is 0.00000253. The number of oxime groups is 1. The molecule has 0 unspecified atom stereocenters. The number of rotatable bonds is 11. The fraction of sp³-hybridized carbons (Fsp3) is 0.294. The third-order valence-electron chi connectivity index (χ3n) is 4.56. The summed E-state index contributed by atoms with van der Waals surface area (Å²) in [5, 5.41) is 40.4. The van der Waals surface area contributed by atoms with E-state index in [0.717, 1.165) is 16.2 Å². The Kier molecular flexibility index (Phi) is 12.9. The molecule has 0 aromatic carbocycles. The maximum absolute atomic E-state index is 12.9. The average molecular weight is 617 g/mol. The zero-order chi connectivity index (χ0) is 25.8. The smallest absolute Gasteiger partial charge is 0.546 e. The number of fused-ring (bicyclic) bond motifs is 1. The van der Waals surface area contributed by atoms with E-state index in [-0.39, 0.29) is 81.4 Å². The number of H-pyrrole nitrogens is 1. The Bertz CT molecular complexity index is 1260. The van der Waals surface area contributed by atoms with Crippen LogP contribution in [-0.2, 0) is 24.0 Å². The van der Waals surface area contributed by atoms with Gasteiger partial charge in [-0.25, -0.2) is 4.98 Å². The molecule has 21 heteroatoms. The summed E-state index contributed by atoms with van der Waals surface area (Å²) in [6.07, 6.45) is 1.53. The molecular formula is C17H14N8Na2O7S4. The van der Waals surface area contributed by atoms with Crippen molar-refractivity contribution in [2.24, 2.45) is 5.16 Å². The van der Waals surface area contributed by atoms with E-state index in [9.17, 15) is 29.4 Å². The number of carbonyl (C=O) groups is 4. The van der Waals surface area contributed by atoms with Crippen LogP contribution in [0.15, 0.2) is 32.4 Å². The molecule has 0 saturated carbocycles. The van der Waals surface area contributed by atoms with Crippen LogP contribution in [0, 0.1) is 0 Å². The van der Waals surface area contributed by atoms with Gasteiger partial charge in [0.1, 0.15) is 22.1 Å². The standard InChI is InChI=1S/C17H16N8O7S4.2Na/c18-17-20-6(3-34-17)10(23-32-2-9(26)27)13(28)21-11-14(29)25-12(16(30)31)7(4-33-15(11)25)35-5-36-8-1-19-24-22-8;;/h1,3,11,15H,2,4-5H2,(H2,18,20)(H,21,28)(H,26,27)(H,30,31)(H,19,22,24);;/q;2*+1/p-2/b23-10+;;/t11-,15-;;/m1../s1. The van der Waals surface area contributed by atoms with Crippen LogP contribution in [0.2, 0.25) is 0 Å². The first-order valence-electron chi connectivity index (χ1n) is 9.68. The van der Waals surface area contributed by atoms with Crippen molar-refractivity contribution in [1.82, 2.24) is 30.6 Å². The minimum Gasteiger partial charge on any atom is -0.546 e. The molecule has 4 N–H and O–H groups in total. The quantitative estimate of drug-likeness (QED) is 0.0532. The summed E-state index contributed by atoms with van der Waals surface area (Å²) in [6.45, 7) is -0.917. The van der Waals surface area contributed by atoms with E-state index in [1.54, 1.807) is 0 Å². The van der Waals surface area contributed by atoms with Crippen LogP contribution in [-0.4, -0.2) is 83.6 Å². The first-order chi connectivity index (χ1) is 17.3. The maximum Gasteiger partial charge on any atom is 1.00 e. The first-order valence-corrected chi connectivity index (χ1v) is 13.6. The first kappa shape index (κ1) is 32.9. The molecule has 2 amide bonds. The van der Waals surface area contributed by atoms with E-state index in [4.69, 9.17) is 5.73 Å². The number of anilines is 1. The van der Waals surface area contributed by atoms with Crippen LogP contribution in [0.3, 0.4) is 0 Å². The van der Waals surface area contributed by atoms with Crippen LogP contribution in [0.5, 0.6) is 0 Å². The Morgan fingerprint density at radius 1 is 1.32 bits per heavy atom. The van der Waals surface area contributed by atoms with Gasteiger partial charge in [0.2, 0.25) is 0 Å². The Hall–Kier alpha value is -1.29. The molecule has 1 saturated heterocycles. The number of carboxylic acid groups (broad SMARTS) is 2. The topological polar surface area (TPSA) is 232 Å². The van der Waals surface area contributed by atoms with Gasteiger partial charge in [-0.05, 0) is 0 Å². The molecule has 0 spiro atoms. The summed E-state index contributed by atoms with van der Waals surface area (Å²) < 4.78 is 0. The average Bonchev–Trinajstić information content (AvgIpc) is 3.51. The number of aromatic amines is 1. The molecule has 190 valence electrons. The van der Waals surface area contributed by atoms with Crippen molar-refractivity contribution in [2.75, 3.05) is 23.2 Å². The molecule has 38 heavy (non-hydrogen) atoms. The normalized spacial score (nSPS) is 18.5.